The van der Waals surface area contributed by atoms with Gasteiger partial charge in [-0.1, -0.05) is 41.4 Å². The minimum absolute atomic E-state index is 0.0941. The van der Waals surface area contributed by atoms with Gasteiger partial charge in [-0.2, -0.15) is 5.10 Å². The number of rotatable bonds is 5. The Bertz CT molecular complexity index is 980. The minimum atomic E-state index is -1.05. The first-order valence-electron chi connectivity index (χ1n) is 7.43. The van der Waals surface area contributed by atoms with Gasteiger partial charge in [-0.3, -0.25) is 4.68 Å². The minimum Gasteiger partial charge on any atom is -0.478 e. The van der Waals surface area contributed by atoms with Crippen molar-refractivity contribution in [3.63, 3.8) is 0 Å². The highest BCUT2D eigenvalue weighted by molar-refractivity contribution is 6.35. The van der Waals surface area contributed by atoms with Gasteiger partial charge in [-0.25, -0.2) is 4.79 Å². The summed E-state index contributed by atoms with van der Waals surface area (Å²) in [5, 5.41) is 24.6. The van der Waals surface area contributed by atoms with Crippen LogP contribution in [0.2, 0.25) is 10.0 Å². The van der Waals surface area contributed by atoms with Gasteiger partial charge in [0, 0.05) is 21.5 Å². The average Bonchev–Trinajstić information content (AvgIpc) is 2.92. The van der Waals surface area contributed by atoms with E-state index in [-0.39, 0.29) is 6.61 Å². The number of halogens is 2. The van der Waals surface area contributed by atoms with Gasteiger partial charge in [0.05, 0.1) is 24.4 Å². The topological polar surface area (TPSA) is 75.3 Å². The molecule has 0 radical (unpaired) electrons. The molecule has 0 saturated heterocycles. The van der Waals surface area contributed by atoms with Gasteiger partial charge in [0.25, 0.3) is 0 Å². The fraction of sp³-hybridized carbons (Fsp3) is 0.111. The lowest BCUT2D eigenvalue weighted by Crippen LogP contribution is -2.03. The number of hydrogen-bond donors (Lipinski definition) is 2. The Morgan fingerprint density at radius 3 is 2.68 bits per heavy atom. The van der Waals surface area contributed by atoms with Crippen LogP contribution in [-0.2, 0) is 17.9 Å². The number of benzene rings is 2. The van der Waals surface area contributed by atoms with E-state index in [1.54, 1.807) is 22.9 Å². The van der Waals surface area contributed by atoms with Crippen LogP contribution < -0.4 is 0 Å². The quantitative estimate of drug-likeness (QED) is 0.660. The lowest BCUT2D eigenvalue weighted by Gasteiger charge is -2.07. The van der Waals surface area contributed by atoms with E-state index in [4.69, 9.17) is 28.3 Å². The Labute approximate surface area is 153 Å². The SMILES string of the molecule is O=C(O)/C=C/c1nn(Cc2ccc(Cl)cc2Cl)c2cc(CO)ccc12. The molecule has 3 rings (SSSR count). The molecule has 0 atom stereocenters. The maximum Gasteiger partial charge on any atom is 0.328 e. The molecule has 0 unspecified atom stereocenters. The second-order valence-electron chi connectivity index (χ2n) is 5.46. The van der Waals surface area contributed by atoms with Crippen LogP contribution in [0.5, 0.6) is 0 Å². The summed E-state index contributed by atoms with van der Waals surface area (Å²) in [6.07, 6.45) is 2.49. The van der Waals surface area contributed by atoms with Gasteiger partial charge in [-0.15, -0.1) is 0 Å². The van der Waals surface area contributed by atoms with E-state index in [0.29, 0.717) is 22.3 Å². The lowest BCUT2D eigenvalue weighted by molar-refractivity contribution is -0.131. The smallest absolute Gasteiger partial charge is 0.328 e. The maximum absolute atomic E-state index is 10.8. The van der Waals surface area contributed by atoms with Crippen LogP contribution in [-0.4, -0.2) is 26.0 Å². The molecule has 0 aliphatic rings. The van der Waals surface area contributed by atoms with E-state index in [1.165, 1.54) is 6.08 Å². The molecule has 5 nitrogen and oxygen atoms in total. The first-order chi connectivity index (χ1) is 12.0. The van der Waals surface area contributed by atoms with Crippen LogP contribution in [0.25, 0.3) is 17.0 Å². The molecule has 2 aromatic carbocycles. The van der Waals surface area contributed by atoms with Crippen molar-refractivity contribution in [3.05, 3.63) is 69.3 Å². The molecular weight excluding hydrogens is 363 g/mol. The van der Waals surface area contributed by atoms with Crippen molar-refractivity contribution in [2.75, 3.05) is 0 Å². The van der Waals surface area contributed by atoms with E-state index < -0.39 is 5.97 Å². The molecule has 0 spiro atoms. The second-order valence-corrected chi connectivity index (χ2v) is 6.30. The number of aliphatic hydroxyl groups excluding tert-OH is 1. The zero-order valence-corrected chi connectivity index (χ0v) is 14.5. The van der Waals surface area contributed by atoms with E-state index in [2.05, 4.69) is 5.10 Å². The number of aliphatic carboxylic acids is 1. The van der Waals surface area contributed by atoms with Gasteiger partial charge < -0.3 is 10.2 Å². The van der Waals surface area contributed by atoms with Crippen molar-refractivity contribution in [2.24, 2.45) is 0 Å². The van der Waals surface area contributed by atoms with Crippen molar-refractivity contribution >= 4 is 46.2 Å². The third-order valence-electron chi connectivity index (χ3n) is 3.75. The predicted octanol–water partition coefficient (Wildman–Crippen LogP) is 3.98. The van der Waals surface area contributed by atoms with E-state index >= 15 is 0 Å². The lowest BCUT2D eigenvalue weighted by atomic mass is 10.1. The largest absolute Gasteiger partial charge is 0.478 e. The third-order valence-corrected chi connectivity index (χ3v) is 4.33. The zero-order valence-electron chi connectivity index (χ0n) is 13.0. The summed E-state index contributed by atoms with van der Waals surface area (Å²) < 4.78 is 1.73. The third kappa shape index (κ3) is 3.85. The van der Waals surface area contributed by atoms with Crippen molar-refractivity contribution < 1.29 is 15.0 Å². The second kappa shape index (κ2) is 7.27. The Kier molecular flexibility index (Phi) is 5.08. The highest BCUT2D eigenvalue weighted by Gasteiger charge is 2.12. The number of aromatic nitrogens is 2. The first-order valence-corrected chi connectivity index (χ1v) is 8.19. The summed E-state index contributed by atoms with van der Waals surface area (Å²) in [5.41, 5.74) is 2.89. The number of carboxylic acids is 1. The summed E-state index contributed by atoms with van der Waals surface area (Å²) in [7, 11) is 0. The Balaban J connectivity index is 2.10. The van der Waals surface area contributed by atoms with Crippen molar-refractivity contribution in [1.29, 1.82) is 0 Å². The normalized spacial score (nSPS) is 11.5. The summed E-state index contributed by atoms with van der Waals surface area (Å²) in [4.78, 5) is 10.8. The molecule has 3 aromatic rings. The summed E-state index contributed by atoms with van der Waals surface area (Å²) in [6, 6.07) is 10.6. The molecule has 0 bridgehead atoms. The molecule has 1 heterocycles. The van der Waals surface area contributed by atoms with Gasteiger partial charge >= 0.3 is 5.97 Å². The van der Waals surface area contributed by atoms with E-state index in [1.807, 2.05) is 18.2 Å². The first kappa shape index (κ1) is 17.5. The predicted molar refractivity (Wildman–Crippen MR) is 97.9 cm³/mol. The molecule has 128 valence electrons. The molecule has 0 aliphatic carbocycles. The number of carboxylic acid groups (broad SMARTS) is 1. The van der Waals surface area contributed by atoms with Gasteiger partial charge in [0.2, 0.25) is 0 Å². The highest BCUT2D eigenvalue weighted by atomic mass is 35.5. The van der Waals surface area contributed by atoms with Crippen LogP contribution in [0.3, 0.4) is 0 Å². The zero-order chi connectivity index (χ0) is 18.0. The van der Waals surface area contributed by atoms with Crippen LogP contribution in [0, 0.1) is 0 Å². The van der Waals surface area contributed by atoms with Crippen molar-refractivity contribution in [2.45, 2.75) is 13.2 Å². The Hall–Kier alpha value is -2.34. The number of aliphatic hydroxyl groups is 1. The fourth-order valence-electron chi connectivity index (χ4n) is 2.55. The Morgan fingerprint density at radius 2 is 2.00 bits per heavy atom. The van der Waals surface area contributed by atoms with Crippen molar-refractivity contribution in [1.82, 2.24) is 9.78 Å². The summed E-state index contributed by atoms with van der Waals surface area (Å²) in [6.45, 7) is 0.297. The Morgan fingerprint density at radius 1 is 1.20 bits per heavy atom. The van der Waals surface area contributed by atoms with Gasteiger partial charge in [0.1, 0.15) is 0 Å². The van der Waals surface area contributed by atoms with Crippen molar-refractivity contribution in [3.8, 4) is 0 Å². The van der Waals surface area contributed by atoms with Gasteiger partial charge in [0.15, 0.2) is 0 Å². The van der Waals surface area contributed by atoms with Crippen LogP contribution >= 0.6 is 23.2 Å². The molecule has 2 N–H and O–H groups in total. The molecule has 7 heteroatoms. The molecule has 25 heavy (non-hydrogen) atoms. The maximum atomic E-state index is 10.8. The van der Waals surface area contributed by atoms with Gasteiger partial charge in [-0.05, 0) is 35.4 Å². The van der Waals surface area contributed by atoms with Crippen LogP contribution in [0.4, 0.5) is 0 Å². The summed E-state index contributed by atoms with van der Waals surface area (Å²) >= 11 is 12.2. The molecule has 0 amide bonds. The highest BCUT2D eigenvalue weighted by Crippen LogP contribution is 2.26. The van der Waals surface area contributed by atoms with Crippen LogP contribution in [0.15, 0.2) is 42.5 Å². The molecule has 1 aromatic heterocycles. The number of carbonyl (C=O) groups is 1. The fourth-order valence-corrected chi connectivity index (χ4v) is 3.02. The number of fused-ring (bicyclic) bond motifs is 1. The van der Waals surface area contributed by atoms with Crippen LogP contribution in [0.1, 0.15) is 16.8 Å². The monoisotopic (exact) mass is 376 g/mol. The standard InChI is InChI=1S/C18H14Cl2N2O3/c19-13-3-2-12(15(20)8-13)9-22-17-7-11(10-23)1-4-14(17)16(21-22)5-6-18(24)25/h1-8,23H,9-10H2,(H,24,25)/b6-5+. The summed E-state index contributed by atoms with van der Waals surface area (Å²) in [5.74, 6) is -1.05. The molecule has 0 aliphatic heterocycles. The van der Waals surface area contributed by atoms with E-state index in [9.17, 15) is 9.90 Å². The molecular formula is C18H14Cl2N2O3. The number of nitrogens with zero attached hydrogens (tertiary/aromatic N) is 2. The molecule has 0 fully saturated rings. The molecule has 0 saturated carbocycles. The van der Waals surface area contributed by atoms with E-state index in [0.717, 1.165) is 28.1 Å². The number of hydrogen-bond acceptors (Lipinski definition) is 3. The average molecular weight is 377 g/mol.